The van der Waals surface area contributed by atoms with Crippen LogP contribution in [0.1, 0.15) is 23.7 Å². The molecule has 0 spiro atoms. The maximum atomic E-state index is 9.05. The fourth-order valence-corrected chi connectivity index (χ4v) is 3.21. The Morgan fingerprint density at radius 2 is 2.27 bits per heavy atom. The third kappa shape index (κ3) is 3.03. The standard InChI is InChI=1S/C17H18N4S/c1-13(7-14-5-6-22-12-14)20(2)11-16-9-19-17-4-3-15(8-18)10-21(16)17/h3-6,9-10,12-13H,7,11H2,1-2H3/t13-/m1/s1. The number of nitrogens with zero attached hydrogens (tertiary/aromatic N) is 4. The summed E-state index contributed by atoms with van der Waals surface area (Å²) in [4.78, 5) is 6.73. The van der Waals surface area contributed by atoms with E-state index in [1.165, 1.54) is 5.56 Å². The molecule has 0 saturated carbocycles. The summed E-state index contributed by atoms with van der Waals surface area (Å²) in [5, 5.41) is 13.4. The molecule has 0 aliphatic carbocycles. The normalized spacial score (nSPS) is 12.6. The fraction of sp³-hybridized carbons (Fsp3) is 0.294. The van der Waals surface area contributed by atoms with Crippen LogP contribution in [-0.2, 0) is 13.0 Å². The summed E-state index contributed by atoms with van der Waals surface area (Å²) >= 11 is 1.74. The molecule has 3 aromatic heterocycles. The van der Waals surface area contributed by atoms with Crippen molar-refractivity contribution in [3.63, 3.8) is 0 Å². The zero-order valence-electron chi connectivity index (χ0n) is 12.7. The van der Waals surface area contributed by atoms with Gasteiger partial charge in [0, 0.05) is 18.8 Å². The van der Waals surface area contributed by atoms with Crippen LogP contribution in [0.25, 0.3) is 5.65 Å². The molecule has 4 nitrogen and oxygen atoms in total. The lowest BCUT2D eigenvalue weighted by molar-refractivity contribution is 0.245. The van der Waals surface area contributed by atoms with Crippen molar-refractivity contribution >= 4 is 17.0 Å². The minimum atomic E-state index is 0.444. The zero-order chi connectivity index (χ0) is 15.5. The van der Waals surface area contributed by atoms with Crippen LogP contribution in [0.5, 0.6) is 0 Å². The highest BCUT2D eigenvalue weighted by Gasteiger charge is 2.13. The van der Waals surface area contributed by atoms with Gasteiger partial charge in [0.25, 0.3) is 0 Å². The number of imidazole rings is 1. The first-order chi connectivity index (χ1) is 10.7. The molecule has 22 heavy (non-hydrogen) atoms. The Hall–Kier alpha value is -2.16. The van der Waals surface area contributed by atoms with Crippen LogP contribution in [0.2, 0.25) is 0 Å². The molecule has 3 heterocycles. The number of thiophene rings is 1. The lowest BCUT2D eigenvalue weighted by Crippen LogP contribution is -2.30. The highest BCUT2D eigenvalue weighted by molar-refractivity contribution is 7.07. The Labute approximate surface area is 134 Å². The van der Waals surface area contributed by atoms with E-state index < -0.39 is 0 Å². The summed E-state index contributed by atoms with van der Waals surface area (Å²) in [5.41, 5.74) is 4.02. The smallest absolute Gasteiger partial charge is 0.137 e. The first-order valence-corrected chi connectivity index (χ1v) is 8.19. The molecule has 0 amide bonds. The van der Waals surface area contributed by atoms with Crippen LogP contribution in [0.3, 0.4) is 0 Å². The van der Waals surface area contributed by atoms with Gasteiger partial charge < -0.3 is 4.40 Å². The summed E-state index contributed by atoms with van der Waals surface area (Å²) in [6, 6.07) is 8.49. The van der Waals surface area contributed by atoms with Gasteiger partial charge in [-0.3, -0.25) is 4.90 Å². The minimum absolute atomic E-state index is 0.444. The zero-order valence-corrected chi connectivity index (χ0v) is 13.5. The van der Waals surface area contributed by atoms with Gasteiger partial charge in [-0.25, -0.2) is 4.98 Å². The fourth-order valence-electron chi connectivity index (χ4n) is 2.53. The van der Waals surface area contributed by atoms with Crippen molar-refractivity contribution in [2.45, 2.75) is 25.9 Å². The van der Waals surface area contributed by atoms with Gasteiger partial charge in [0.1, 0.15) is 11.7 Å². The average molecular weight is 310 g/mol. The predicted molar refractivity (Wildman–Crippen MR) is 88.9 cm³/mol. The van der Waals surface area contributed by atoms with Crippen molar-refractivity contribution in [3.8, 4) is 6.07 Å². The van der Waals surface area contributed by atoms with Gasteiger partial charge in [-0.05, 0) is 54.9 Å². The Morgan fingerprint density at radius 3 is 3.00 bits per heavy atom. The molecule has 0 fully saturated rings. The Morgan fingerprint density at radius 1 is 1.41 bits per heavy atom. The Kier molecular flexibility index (Phi) is 4.23. The first-order valence-electron chi connectivity index (χ1n) is 7.25. The van der Waals surface area contributed by atoms with E-state index in [4.69, 9.17) is 5.26 Å². The molecule has 112 valence electrons. The van der Waals surface area contributed by atoms with Gasteiger partial charge in [0.15, 0.2) is 0 Å². The monoisotopic (exact) mass is 310 g/mol. The summed E-state index contributed by atoms with van der Waals surface area (Å²) in [6.07, 6.45) is 4.79. The van der Waals surface area contributed by atoms with E-state index in [1.54, 1.807) is 17.4 Å². The highest BCUT2D eigenvalue weighted by Crippen LogP contribution is 2.15. The second-order valence-corrected chi connectivity index (χ2v) is 6.39. The van der Waals surface area contributed by atoms with E-state index in [2.05, 4.69) is 46.8 Å². The lowest BCUT2D eigenvalue weighted by Gasteiger charge is -2.24. The molecule has 0 radical (unpaired) electrons. The quantitative estimate of drug-likeness (QED) is 0.726. The molecule has 3 aromatic rings. The maximum absolute atomic E-state index is 9.05. The molecule has 0 bridgehead atoms. The lowest BCUT2D eigenvalue weighted by atomic mass is 10.1. The molecular weight excluding hydrogens is 292 g/mol. The van der Waals surface area contributed by atoms with Gasteiger partial charge >= 0.3 is 0 Å². The largest absolute Gasteiger partial charge is 0.301 e. The van der Waals surface area contributed by atoms with Gasteiger partial charge in [-0.2, -0.15) is 16.6 Å². The number of rotatable bonds is 5. The van der Waals surface area contributed by atoms with Crippen LogP contribution in [-0.4, -0.2) is 27.4 Å². The van der Waals surface area contributed by atoms with Crippen molar-refractivity contribution < 1.29 is 0 Å². The molecule has 0 aliphatic rings. The second-order valence-electron chi connectivity index (χ2n) is 5.61. The van der Waals surface area contributed by atoms with Crippen LogP contribution >= 0.6 is 11.3 Å². The number of nitriles is 1. The summed E-state index contributed by atoms with van der Waals surface area (Å²) in [6.45, 7) is 3.04. The Balaban J connectivity index is 1.76. The van der Waals surface area contributed by atoms with Gasteiger partial charge in [-0.1, -0.05) is 0 Å². The summed E-state index contributed by atoms with van der Waals surface area (Å²) in [5.74, 6) is 0. The van der Waals surface area contributed by atoms with Crippen molar-refractivity contribution in [2.75, 3.05) is 7.05 Å². The molecule has 1 atom stereocenters. The maximum Gasteiger partial charge on any atom is 0.137 e. The molecule has 0 aromatic carbocycles. The van der Waals surface area contributed by atoms with Crippen molar-refractivity contribution in [3.05, 3.63) is 58.2 Å². The molecule has 0 saturated heterocycles. The summed E-state index contributed by atoms with van der Waals surface area (Å²) in [7, 11) is 2.13. The van der Waals surface area contributed by atoms with Crippen molar-refractivity contribution in [1.29, 1.82) is 5.26 Å². The number of aromatic nitrogens is 2. The van der Waals surface area contributed by atoms with E-state index in [9.17, 15) is 0 Å². The number of likely N-dealkylation sites (N-methyl/N-ethyl adjacent to an activating group) is 1. The average Bonchev–Trinajstić information content (AvgIpc) is 3.17. The molecule has 0 aliphatic heterocycles. The number of pyridine rings is 1. The molecule has 0 unspecified atom stereocenters. The van der Waals surface area contributed by atoms with Crippen LogP contribution in [0.15, 0.2) is 41.4 Å². The number of fused-ring (bicyclic) bond motifs is 1. The predicted octanol–water partition coefficient (Wildman–Crippen LogP) is 3.33. The summed E-state index contributed by atoms with van der Waals surface area (Å²) < 4.78 is 2.01. The highest BCUT2D eigenvalue weighted by atomic mass is 32.1. The van der Waals surface area contributed by atoms with Gasteiger partial charge in [0.05, 0.1) is 17.5 Å². The molecule has 5 heteroatoms. The Bertz CT molecular complexity index is 798. The first kappa shape index (κ1) is 14.8. The third-order valence-corrected chi connectivity index (χ3v) is 4.72. The minimum Gasteiger partial charge on any atom is -0.301 e. The van der Waals surface area contributed by atoms with Gasteiger partial charge in [0.2, 0.25) is 0 Å². The molecule has 3 rings (SSSR count). The molecule has 0 N–H and O–H groups in total. The van der Waals surface area contributed by atoms with E-state index >= 15 is 0 Å². The molecular formula is C17H18N4S. The number of hydrogen-bond donors (Lipinski definition) is 0. The van der Waals surface area contributed by atoms with E-state index in [0.29, 0.717) is 11.6 Å². The van der Waals surface area contributed by atoms with E-state index in [1.807, 2.05) is 22.9 Å². The van der Waals surface area contributed by atoms with E-state index in [0.717, 1.165) is 24.3 Å². The SMILES string of the molecule is C[C@H](Cc1ccsc1)N(C)Cc1cnc2ccc(C#N)cn12. The van der Waals surface area contributed by atoms with Crippen LogP contribution < -0.4 is 0 Å². The van der Waals surface area contributed by atoms with Crippen molar-refractivity contribution in [1.82, 2.24) is 14.3 Å². The number of hydrogen-bond acceptors (Lipinski definition) is 4. The second kappa shape index (κ2) is 6.30. The van der Waals surface area contributed by atoms with Crippen LogP contribution in [0.4, 0.5) is 0 Å². The van der Waals surface area contributed by atoms with Crippen LogP contribution in [0, 0.1) is 11.3 Å². The van der Waals surface area contributed by atoms with Gasteiger partial charge in [-0.15, -0.1) is 0 Å². The third-order valence-electron chi connectivity index (χ3n) is 3.99. The topological polar surface area (TPSA) is 44.3 Å². The van der Waals surface area contributed by atoms with Crippen molar-refractivity contribution in [2.24, 2.45) is 0 Å². The van der Waals surface area contributed by atoms with E-state index in [-0.39, 0.29) is 0 Å².